The zero-order valence-corrected chi connectivity index (χ0v) is 14.3. The van der Waals surface area contributed by atoms with Gasteiger partial charge in [-0.15, -0.1) is 0 Å². The van der Waals surface area contributed by atoms with E-state index in [4.69, 9.17) is 0 Å². The first kappa shape index (κ1) is 15.9. The van der Waals surface area contributed by atoms with Gasteiger partial charge in [-0.1, -0.05) is 19.1 Å². The molecule has 0 saturated carbocycles. The molecule has 0 bridgehead atoms. The summed E-state index contributed by atoms with van der Waals surface area (Å²) in [5, 5.41) is 3.57. The first-order valence-corrected chi connectivity index (χ1v) is 8.97. The fourth-order valence-corrected chi connectivity index (χ4v) is 3.91. The highest BCUT2D eigenvalue weighted by Crippen LogP contribution is 2.23. The van der Waals surface area contributed by atoms with E-state index in [1.807, 2.05) is 58.7 Å². The van der Waals surface area contributed by atoms with Gasteiger partial charge in [0.1, 0.15) is 5.82 Å². The van der Waals surface area contributed by atoms with Crippen molar-refractivity contribution in [3.63, 3.8) is 0 Å². The predicted octanol–water partition coefficient (Wildman–Crippen LogP) is 3.45. The Balaban J connectivity index is 1.70. The molecule has 6 heteroatoms. The van der Waals surface area contributed by atoms with E-state index in [0.717, 1.165) is 42.3 Å². The second-order valence-corrected chi connectivity index (χ2v) is 7.13. The number of imidazole rings is 1. The lowest BCUT2D eigenvalue weighted by molar-refractivity contribution is 0.213. The van der Waals surface area contributed by atoms with E-state index >= 15 is 0 Å². The number of aromatic nitrogens is 2. The van der Waals surface area contributed by atoms with E-state index in [0.29, 0.717) is 5.25 Å². The average molecular weight is 330 g/mol. The largest absolute Gasteiger partial charge is 0.334 e. The molecule has 0 radical (unpaired) electrons. The summed E-state index contributed by atoms with van der Waals surface area (Å²) >= 11 is 1.96. The molecule has 0 spiro atoms. The molecule has 5 nitrogen and oxygen atoms in total. The quantitative estimate of drug-likeness (QED) is 0.938. The van der Waals surface area contributed by atoms with Crippen LogP contribution in [0, 0.1) is 0 Å². The first-order chi connectivity index (χ1) is 11.2. The average Bonchev–Trinajstić information content (AvgIpc) is 3.01. The van der Waals surface area contributed by atoms with Crippen LogP contribution < -0.4 is 5.32 Å². The highest BCUT2D eigenvalue weighted by Gasteiger charge is 2.23. The molecule has 0 unspecified atom stereocenters. The Morgan fingerprint density at radius 1 is 1.48 bits per heavy atom. The van der Waals surface area contributed by atoms with Crippen molar-refractivity contribution in [1.29, 1.82) is 0 Å². The van der Waals surface area contributed by atoms with E-state index < -0.39 is 0 Å². The summed E-state index contributed by atoms with van der Waals surface area (Å²) in [6, 6.07) is 7.82. The van der Waals surface area contributed by atoms with Crippen LogP contribution in [0.2, 0.25) is 0 Å². The Labute approximate surface area is 141 Å². The van der Waals surface area contributed by atoms with Crippen molar-refractivity contribution in [1.82, 2.24) is 14.5 Å². The third kappa shape index (κ3) is 3.69. The minimum absolute atomic E-state index is 0.0132. The summed E-state index contributed by atoms with van der Waals surface area (Å²) < 4.78 is 1.97. The number of urea groups is 1. The van der Waals surface area contributed by atoms with Crippen LogP contribution in [-0.2, 0) is 7.05 Å². The van der Waals surface area contributed by atoms with Crippen LogP contribution in [0.4, 0.5) is 10.5 Å². The molecule has 2 aromatic rings. The van der Waals surface area contributed by atoms with Crippen molar-refractivity contribution in [3.8, 4) is 11.4 Å². The van der Waals surface area contributed by atoms with Crippen LogP contribution in [0.25, 0.3) is 11.4 Å². The number of nitrogens with one attached hydrogen (secondary N) is 1. The topological polar surface area (TPSA) is 50.2 Å². The number of hydrogen-bond donors (Lipinski definition) is 1. The van der Waals surface area contributed by atoms with Crippen molar-refractivity contribution in [2.45, 2.75) is 18.6 Å². The highest BCUT2D eigenvalue weighted by molar-refractivity contribution is 8.00. The number of carbonyl (C=O) groups is 1. The SMILES string of the molecule is CC[C@H]1CN(C(=O)Nc2cccc(-c3nccn3C)c2)CCS1. The molecule has 1 aliphatic heterocycles. The number of amides is 2. The first-order valence-electron chi connectivity index (χ1n) is 7.92. The van der Waals surface area contributed by atoms with E-state index in [9.17, 15) is 4.79 Å². The summed E-state index contributed by atoms with van der Waals surface area (Å²) in [6.45, 7) is 3.81. The molecule has 3 rings (SSSR count). The Bertz CT molecular complexity index is 685. The number of aryl methyl sites for hydroxylation is 1. The fourth-order valence-electron chi connectivity index (χ4n) is 2.73. The lowest BCUT2D eigenvalue weighted by Gasteiger charge is -2.31. The smallest absolute Gasteiger partial charge is 0.321 e. The molecule has 23 heavy (non-hydrogen) atoms. The minimum Gasteiger partial charge on any atom is -0.334 e. The maximum Gasteiger partial charge on any atom is 0.321 e. The van der Waals surface area contributed by atoms with Gasteiger partial charge in [0.25, 0.3) is 0 Å². The molecule has 2 amide bonds. The number of benzene rings is 1. The zero-order valence-electron chi connectivity index (χ0n) is 13.5. The third-order valence-corrected chi connectivity index (χ3v) is 5.45. The monoisotopic (exact) mass is 330 g/mol. The molecular formula is C17H22N4OS. The lowest BCUT2D eigenvalue weighted by Crippen LogP contribution is -2.43. The Hall–Kier alpha value is -1.95. The van der Waals surface area contributed by atoms with Crippen LogP contribution in [-0.4, -0.2) is 44.6 Å². The predicted molar refractivity (Wildman–Crippen MR) is 95.8 cm³/mol. The van der Waals surface area contributed by atoms with Gasteiger partial charge in [0.2, 0.25) is 0 Å². The summed E-state index contributed by atoms with van der Waals surface area (Å²) in [7, 11) is 1.96. The van der Waals surface area contributed by atoms with Gasteiger partial charge in [0.15, 0.2) is 0 Å². The van der Waals surface area contributed by atoms with Crippen molar-refractivity contribution in [2.24, 2.45) is 7.05 Å². The lowest BCUT2D eigenvalue weighted by atomic mass is 10.2. The van der Waals surface area contributed by atoms with Gasteiger partial charge in [-0.25, -0.2) is 9.78 Å². The molecule has 1 fully saturated rings. The molecule has 1 N–H and O–H groups in total. The van der Waals surface area contributed by atoms with Crippen LogP contribution in [0.15, 0.2) is 36.7 Å². The normalized spacial score (nSPS) is 18.0. The van der Waals surface area contributed by atoms with Gasteiger partial charge in [-0.2, -0.15) is 11.8 Å². The Morgan fingerprint density at radius 2 is 2.35 bits per heavy atom. The standard InChI is InChI=1S/C17H22N4OS/c1-3-15-12-21(9-10-23-15)17(22)19-14-6-4-5-13(11-14)16-18-7-8-20(16)2/h4-8,11,15H,3,9-10,12H2,1-2H3,(H,19,22)/t15-/m0/s1. The number of hydrogen-bond acceptors (Lipinski definition) is 3. The van der Waals surface area contributed by atoms with Gasteiger partial charge < -0.3 is 14.8 Å². The second kappa shape index (κ2) is 7.08. The molecule has 1 aliphatic rings. The van der Waals surface area contributed by atoms with Crippen molar-refractivity contribution < 1.29 is 4.79 Å². The van der Waals surface area contributed by atoms with E-state index in [1.54, 1.807) is 6.20 Å². The van der Waals surface area contributed by atoms with Crippen molar-refractivity contribution in [3.05, 3.63) is 36.7 Å². The molecular weight excluding hydrogens is 308 g/mol. The van der Waals surface area contributed by atoms with Gasteiger partial charge >= 0.3 is 6.03 Å². The molecule has 1 aromatic heterocycles. The zero-order chi connectivity index (χ0) is 16.2. The van der Waals surface area contributed by atoms with Crippen LogP contribution >= 0.6 is 11.8 Å². The summed E-state index contributed by atoms with van der Waals surface area (Å²) in [6.07, 6.45) is 4.79. The third-order valence-electron chi connectivity index (χ3n) is 4.07. The number of anilines is 1. The van der Waals surface area contributed by atoms with Crippen molar-refractivity contribution >= 4 is 23.5 Å². The molecule has 0 aliphatic carbocycles. The maximum atomic E-state index is 12.5. The minimum atomic E-state index is -0.0132. The molecule has 1 atom stereocenters. The fraction of sp³-hybridized carbons (Fsp3) is 0.412. The summed E-state index contributed by atoms with van der Waals surface area (Å²) in [5.41, 5.74) is 1.80. The molecule has 1 aromatic carbocycles. The van der Waals surface area contributed by atoms with Crippen molar-refractivity contribution in [2.75, 3.05) is 24.2 Å². The van der Waals surface area contributed by atoms with Crippen LogP contribution in [0.5, 0.6) is 0 Å². The van der Waals surface area contributed by atoms with E-state index in [2.05, 4.69) is 17.2 Å². The number of carbonyl (C=O) groups excluding carboxylic acids is 1. The number of thioether (sulfide) groups is 1. The Morgan fingerprint density at radius 3 is 3.09 bits per heavy atom. The molecule has 122 valence electrons. The molecule has 2 heterocycles. The number of nitrogens with zero attached hydrogens (tertiary/aromatic N) is 3. The second-order valence-electron chi connectivity index (χ2n) is 5.72. The van der Waals surface area contributed by atoms with Crippen LogP contribution in [0.1, 0.15) is 13.3 Å². The van der Waals surface area contributed by atoms with Gasteiger partial charge in [0.05, 0.1) is 0 Å². The van der Waals surface area contributed by atoms with Crippen LogP contribution in [0.3, 0.4) is 0 Å². The maximum absolute atomic E-state index is 12.5. The van der Waals surface area contributed by atoms with Gasteiger partial charge in [-0.05, 0) is 18.6 Å². The Kier molecular flexibility index (Phi) is 4.91. The van der Waals surface area contributed by atoms with Gasteiger partial charge in [-0.3, -0.25) is 0 Å². The molecule has 1 saturated heterocycles. The number of rotatable bonds is 3. The van der Waals surface area contributed by atoms with E-state index in [-0.39, 0.29) is 6.03 Å². The summed E-state index contributed by atoms with van der Waals surface area (Å²) in [4.78, 5) is 18.7. The van der Waals surface area contributed by atoms with E-state index in [1.165, 1.54) is 0 Å². The summed E-state index contributed by atoms with van der Waals surface area (Å²) in [5.74, 6) is 1.90. The highest BCUT2D eigenvalue weighted by atomic mass is 32.2. The van der Waals surface area contributed by atoms with Gasteiger partial charge in [0, 0.05) is 54.8 Å².